The highest BCUT2D eigenvalue weighted by molar-refractivity contribution is 7.17. The van der Waals surface area contributed by atoms with Gasteiger partial charge in [0.25, 0.3) is 11.2 Å². The van der Waals surface area contributed by atoms with Crippen LogP contribution in [-0.4, -0.2) is 9.49 Å². The van der Waals surface area contributed by atoms with Crippen molar-refractivity contribution in [2.24, 2.45) is 0 Å². The van der Waals surface area contributed by atoms with Crippen molar-refractivity contribution >= 4 is 38.7 Å². The summed E-state index contributed by atoms with van der Waals surface area (Å²) >= 11 is 7.56. The van der Waals surface area contributed by atoms with E-state index in [0.717, 1.165) is 4.70 Å². The van der Waals surface area contributed by atoms with Gasteiger partial charge in [-0.2, -0.15) is 0 Å². The van der Waals surface area contributed by atoms with E-state index in [1.807, 2.05) is 11.4 Å². The summed E-state index contributed by atoms with van der Waals surface area (Å²) in [6.07, 6.45) is 1.68. The Balaban J connectivity index is 2.06. The molecule has 0 radical (unpaired) electrons. The number of hydrogen-bond donors (Lipinski definition) is 0. The maximum Gasteiger partial charge on any atom is 0.269 e. The second-order valence-corrected chi connectivity index (χ2v) is 5.84. The van der Waals surface area contributed by atoms with E-state index < -0.39 is 4.92 Å². The molecule has 7 heteroatoms. The predicted molar refractivity (Wildman–Crippen MR) is 83.3 cm³/mol. The molecule has 3 rings (SSSR count). The number of thiophene rings is 1. The zero-order valence-electron chi connectivity index (χ0n) is 10.7. The Morgan fingerprint density at radius 3 is 2.86 bits per heavy atom. The smallest absolute Gasteiger partial charge is 0.269 e. The van der Waals surface area contributed by atoms with Crippen LogP contribution in [0, 0.1) is 10.1 Å². The van der Waals surface area contributed by atoms with Gasteiger partial charge in [-0.3, -0.25) is 14.9 Å². The number of nitro groups is 1. The fourth-order valence-electron chi connectivity index (χ4n) is 2.11. The second kappa shape index (κ2) is 5.31. The summed E-state index contributed by atoms with van der Waals surface area (Å²) in [6.45, 7) is 0.200. The molecule has 2 heterocycles. The first-order valence-electron chi connectivity index (χ1n) is 6.06. The van der Waals surface area contributed by atoms with Crippen molar-refractivity contribution < 1.29 is 4.92 Å². The normalized spacial score (nSPS) is 10.9. The van der Waals surface area contributed by atoms with Gasteiger partial charge >= 0.3 is 0 Å². The molecule has 106 valence electrons. The molecule has 0 spiro atoms. The molecule has 21 heavy (non-hydrogen) atoms. The second-order valence-electron chi connectivity index (χ2n) is 4.48. The number of pyridine rings is 1. The summed E-state index contributed by atoms with van der Waals surface area (Å²) in [6, 6.07) is 7.84. The largest absolute Gasteiger partial charge is 0.310 e. The summed E-state index contributed by atoms with van der Waals surface area (Å²) < 4.78 is 2.42. The number of hydrogen-bond acceptors (Lipinski definition) is 4. The van der Waals surface area contributed by atoms with Crippen LogP contribution in [0.3, 0.4) is 0 Å². The summed E-state index contributed by atoms with van der Waals surface area (Å²) in [5.41, 5.74) is 0.373. The minimum Gasteiger partial charge on any atom is -0.310 e. The van der Waals surface area contributed by atoms with Gasteiger partial charge in [0.15, 0.2) is 0 Å². The molecular formula is C14H9ClN2O3S. The van der Waals surface area contributed by atoms with Crippen LogP contribution in [0.4, 0.5) is 5.69 Å². The van der Waals surface area contributed by atoms with Crippen LogP contribution in [0.25, 0.3) is 10.1 Å². The standard InChI is InChI=1S/C14H9ClN2O3S/c15-12-2-1-10(17(19)20)7-9(12)8-16-5-3-13-11(14(16)18)4-6-21-13/h1-7H,8H2. The molecule has 0 saturated carbocycles. The van der Waals surface area contributed by atoms with Crippen molar-refractivity contribution in [2.45, 2.75) is 6.54 Å². The highest BCUT2D eigenvalue weighted by atomic mass is 35.5. The fraction of sp³-hybridized carbons (Fsp3) is 0.0714. The molecule has 0 saturated heterocycles. The van der Waals surface area contributed by atoms with Crippen LogP contribution >= 0.6 is 22.9 Å². The first-order chi connectivity index (χ1) is 10.1. The van der Waals surface area contributed by atoms with Crippen molar-refractivity contribution in [3.8, 4) is 0 Å². The maximum atomic E-state index is 12.3. The number of nitrogens with zero attached hydrogens (tertiary/aromatic N) is 2. The van der Waals surface area contributed by atoms with Gasteiger partial charge in [0.05, 0.1) is 16.9 Å². The molecule has 0 atom stereocenters. The van der Waals surface area contributed by atoms with E-state index in [-0.39, 0.29) is 17.8 Å². The lowest BCUT2D eigenvalue weighted by molar-refractivity contribution is -0.384. The van der Waals surface area contributed by atoms with Crippen LogP contribution in [0.15, 0.2) is 46.7 Å². The van der Waals surface area contributed by atoms with Gasteiger partial charge in [0.1, 0.15) is 0 Å². The van der Waals surface area contributed by atoms with E-state index in [4.69, 9.17) is 11.6 Å². The van der Waals surface area contributed by atoms with Gasteiger partial charge in [-0.05, 0) is 29.1 Å². The molecule has 0 N–H and O–H groups in total. The van der Waals surface area contributed by atoms with E-state index in [1.165, 1.54) is 34.1 Å². The molecule has 0 aliphatic carbocycles. The Kier molecular flexibility index (Phi) is 3.48. The lowest BCUT2D eigenvalue weighted by Gasteiger charge is -2.07. The molecule has 0 unspecified atom stereocenters. The van der Waals surface area contributed by atoms with Gasteiger partial charge < -0.3 is 4.57 Å². The average molecular weight is 321 g/mol. The van der Waals surface area contributed by atoms with E-state index in [9.17, 15) is 14.9 Å². The van der Waals surface area contributed by atoms with Crippen molar-refractivity contribution in [3.63, 3.8) is 0 Å². The van der Waals surface area contributed by atoms with Crippen molar-refractivity contribution in [1.29, 1.82) is 0 Å². The SMILES string of the molecule is O=c1c2ccsc2ccn1Cc1cc([N+](=O)[O-])ccc1Cl. The molecule has 0 bridgehead atoms. The van der Waals surface area contributed by atoms with E-state index >= 15 is 0 Å². The molecular weight excluding hydrogens is 312 g/mol. The van der Waals surface area contributed by atoms with Crippen molar-refractivity contribution in [2.75, 3.05) is 0 Å². The lowest BCUT2D eigenvalue weighted by atomic mass is 10.2. The Morgan fingerprint density at radius 1 is 1.29 bits per heavy atom. The average Bonchev–Trinajstić information content (AvgIpc) is 2.93. The zero-order chi connectivity index (χ0) is 15.0. The van der Waals surface area contributed by atoms with Gasteiger partial charge in [-0.1, -0.05) is 11.6 Å². The zero-order valence-corrected chi connectivity index (χ0v) is 12.2. The lowest BCUT2D eigenvalue weighted by Crippen LogP contribution is -2.19. The number of aromatic nitrogens is 1. The minimum atomic E-state index is -0.481. The topological polar surface area (TPSA) is 65.1 Å². The number of non-ortho nitro benzene ring substituents is 1. The number of rotatable bonds is 3. The number of nitro benzene ring substituents is 1. The summed E-state index contributed by atoms with van der Waals surface area (Å²) in [5.74, 6) is 0. The monoisotopic (exact) mass is 320 g/mol. The minimum absolute atomic E-state index is 0.0425. The van der Waals surface area contributed by atoms with Crippen LogP contribution in [0.1, 0.15) is 5.56 Å². The molecule has 2 aromatic heterocycles. The Hall–Kier alpha value is -2.18. The third-order valence-corrected chi connectivity index (χ3v) is 4.42. The first kappa shape index (κ1) is 13.8. The Morgan fingerprint density at radius 2 is 2.10 bits per heavy atom. The summed E-state index contributed by atoms with van der Waals surface area (Å²) in [4.78, 5) is 22.7. The van der Waals surface area contributed by atoms with E-state index in [1.54, 1.807) is 12.3 Å². The van der Waals surface area contributed by atoms with Crippen LogP contribution in [-0.2, 0) is 6.54 Å². The number of halogens is 1. The number of fused-ring (bicyclic) bond motifs is 1. The van der Waals surface area contributed by atoms with Crippen LogP contribution < -0.4 is 5.56 Å². The van der Waals surface area contributed by atoms with E-state index in [2.05, 4.69) is 0 Å². The molecule has 0 aliphatic rings. The molecule has 1 aromatic carbocycles. The van der Waals surface area contributed by atoms with Gasteiger partial charge in [-0.25, -0.2) is 0 Å². The van der Waals surface area contributed by atoms with Gasteiger partial charge in [-0.15, -0.1) is 11.3 Å². The third-order valence-electron chi connectivity index (χ3n) is 3.17. The molecule has 3 aromatic rings. The molecule has 0 amide bonds. The van der Waals surface area contributed by atoms with Crippen LogP contribution in [0.2, 0.25) is 5.02 Å². The third kappa shape index (κ3) is 2.55. The first-order valence-corrected chi connectivity index (χ1v) is 7.31. The summed E-state index contributed by atoms with van der Waals surface area (Å²) in [5, 5.41) is 13.7. The van der Waals surface area contributed by atoms with E-state index in [0.29, 0.717) is 16.0 Å². The van der Waals surface area contributed by atoms with Crippen molar-refractivity contribution in [1.82, 2.24) is 4.57 Å². The Labute approximate surface area is 128 Å². The predicted octanol–water partition coefficient (Wildman–Crippen LogP) is 3.67. The summed E-state index contributed by atoms with van der Waals surface area (Å²) in [7, 11) is 0. The maximum absolute atomic E-state index is 12.3. The molecule has 0 aliphatic heterocycles. The molecule has 5 nitrogen and oxygen atoms in total. The van der Waals surface area contributed by atoms with Gasteiger partial charge in [0, 0.05) is 28.1 Å². The van der Waals surface area contributed by atoms with Crippen molar-refractivity contribution in [3.05, 3.63) is 73.0 Å². The Bertz CT molecular complexity index is 901. The highest BCUT2D eigenvalue weighted by Crippen LogP contribution is 2.23. The molecule has 0 fully saturated rings. The fourth-order valence-corrected chi connectivity index (χ4v) is 3.06. The van der Waals surface area contributed by atoms with Gasteiger partial charge in [0.2, 0.25) is 0 Å². The highest BCUT2D eigenvalue weighted by Gasteiger charge is 2.11. The van der Waals surface area contributed by atoms with Crippen LogP contribution in [0.5, 0.6) is 0 Å². The number of benzene rings is 1. The quantitative estimate of drug-likeness (QED) is 0.546.